The molecule has 0 spiro atoms. The highest BCUT2D eigenvalue weighted by molar-refractivity contribution is 6.01. The van der Waals surface area contributed by atoms with Crippen LogP contribution in [0.2, 0.25) is 0 Å². The van der Waals surface area contributed by atoms with E-state index in [1.807, 2.05) is 0 Å². The Morgan fingerprint density at radius 2 is 0.848 bits per heavy atom. The van der Waals surface area contributed by atoms with Crippen LogP contribution in [0.5, 0.6) is 5.75 Å². The molecule has 0 radical (unpaired) electrons. The minimum atomic E-state index is -1.87. The molecule has 15 N–H and O–H groups in total. The molecule has 5 heterocycles. The number of H-pyrrole nitrogens is 2. The van der Waals surface area contributed by atoms with E-state index in [4.69, 9.17) is 5.73 Å². The fourth-order valence-corrected chi connectivity index (χ4v) is 12.9. The van der Waals surface area contributed by atoms with Gasteiger partial charge < -0.3 is 83.4 Å². The van der Waals surface area contributed by atoms with E-state index in [-0.39, 0.29) is 69.7 Å². The van der Waals surface area contributed by atoms with Crippen molar-refractivity contribution in [2.24, 2.45) is 11.7 Å². The molecule has 3 saturated heterocycles. The number of phenols is 1. The van der Waals surface area contributed by atoms with E-state index >= 15 is 19.2 Å². The molecule has 3 aliphatic heterocycles. The highest BCUT2D eigenvalue weighted by Gasteiger charge is 2.45. The predicted octanol–water partition coefficient (Wildman–Crippen LogP) is 1.15. The monoisotopic (exact) mass is 1360 g/mol. The van der Waals surface area contributed by atoms with Crippen molar-refractivity contribution in [2.45, 2.75) is 164 Å². The maximum absolute atomic E-state index is 15.2. The number of hydrogen-bond acceptors (Lipinski definition) is 14. The van der Waals surface area contributed by atoms with Crippen molar-refractivity contribution in [1.82, 2.24) is 62.3 Å². The van der Waals surface area contributed by atoms with Crippen molar-refractivity contribution < 1.29 is 77.6 Å². The number of carboxylic acids is 2. The Labute approximate surface area is 568 Å². The zero-order valence-corrected chi connectivity index (χ0v) is 54.8. The quantitative estimate of drug-likeness (QED) is 0.0574. The second kappa shape index (κ2) is 33.2. The SMILES string of the molecule is CC(C)C[C@@H]1NC(=O)[C@H](Cc2c[nH]c3ccccc23)NC(=O)[C@H](CCC(=O)O)NC(=O)[C@H](Cc2ccccc2)NC(=O)[C@@H]2CCCN2C(=O)[C@H]2CCCN2C(=O)[C@H](Cc2ccc(O)cc2)NC(=O)[C@H](CCC(=O)O)NC(=O)[C@H](Cc2c[nH]c3ccccc23)NC(=O)[C@H](CC(N)=O)NC1=O. The zero-order chi connectivity index (χ0) is 71.0. The van der Waals surface area contributed by atoms with Gasteiger partial charge in [0.15, 0.2) is 0 Å². The highest BCUT2D eigenvalue weighted by Crippen LogP contribution is 2.28. The molecule has 0 aliphatic carbocycles. The molecule has 99 heavy (non-hydrogen) atoms. The number of aromatic nitrogens is 2. The summed E-state index contributed by atoms with van der Waals surface area (Å²) in [5, 5.41) is 52.6. The van der Waals surface area contributed by atoms with Gasteiger partial charge in [-0.2, -0.15) is 0 Å². The Morgan fingerprint density at radius 1 is 0.455 bits per heavy atom. The summed E-state index contributed by atoms with van der Waals surface area (Å²) >= 11 is 0. The van der Waals surface area contributed by atoms with Crippen molar-refractivity contribution in [3.8, 4) is 5.75 Å². The lowest BCUT2D eigenvalue weighted by Crippen LogP contribution is -2.62. The fourth-order valence-electron chi connectivity index (χ4n) is 12.9. The number of amides is 11. The molecule has 29 nitrogen and oxygen atoms in total. The van der Waals surface area contributed by atoms with Crippen molar-refractivity contribution in [3.05, 3.63) is 138 Å². The van der Waals surface area contributed by atoms with Crippen molar-refractivity contribution in [1.29, 1.82) is 0 Å². The third-order valence-electron chi connectivity index (χ3n) is 18.0. The van der Waals surface area contributed by atoms with Crippen molar-refractivity contribution in [3.63, 3.8) is 0 Å². The van der Waals surface area contributed by atoms with Crippen LogP contribution >= 0.6 is 0 Å². The van der Waals surface area contributed by atoms with E-state index in [1.54, 1.807) is 105 Å². The normalized spacial score (nSPS) is 23.8. The number of carbonyl (C=O) groups excluding carboxylic acids is 11. The number of nitrogens with one attached hydrogen (secondary N) is 10. The maximum atomic E-state index is 15.2. The van der Waals surface area contributed by atoms with Gasteiger partial charge in [-0.3, -0.25) is 62.3 Å². The summed E-state index contributed by atoms with van der Waals surface area (Å²) in [5.74, 6) is -13.7. The molecule has 29 heteroatoms. The van der Waals surface area contributed by atoms with Gasteiger partial charge in [-0.25, -0.2) is 0 Å². The number of carboxylic acid groups (broad SMARTS) is 2. The van der Waals surface area contributed by atoms with E-state index in [2.05, 4.69) is 52.5 Å². The van der Waals surface area contributed by atoms with E-state index in [0.29, 0.717) is 56.9 Å². The van der Waals surface area contributed by atoms with E-state index < -0.39 is 169 Å². The lowest BCUT2D eigenvalue weighted by atomic mass is 9.99. The van der Waals surface area contributed by atoms with Gasteiger partial charge in [0.1, 0.15) is 66.2 Å². The summed E-state index contributed by atoms with van der Waals surface area (Å²) in [5.41, 5.74) is 8.93. The summed E-state index contributed by atoms with van der Waals surface area (Å²) in [4.78, 5) is 196. The zero-order valence-electron chi connectivity index (χ0n) is 54.8. The number of carbonyl (C=O) groups is 13. The van der Waals surface area contributed by atoms with Gasteiger partial charge in [0.25, 0.3) is 0 Å². The molecule has 10 atom stereocenters. The van der Waals surface area contributed by atoms with E-state index in [1.165, 1.54) is 34.1 Å². The third-order valence-corrected chi connectivity index (χ3v) is 18.0. The number of fused-ring (bicyclic) bond motifs is 4. The molecular weight excluding hydrogens is 1280 g/mol. The number of nitrogens with zero attached hydrogens (tertiary/aromatic N) is 2. The van der Waals surface area contributed by atoms with Crippen LogP contribution in [0.3, 0.4) is 0 Å². The average molecular weight is 1360 g/mol. The molecule has 0 bridgehead atoms. The summed E-state index contributed by atoms with van der Waals surface area (Å²) in [7, 11) is 0. The Morgan fingerprint density at radius 3 is 1.36 bits per heavy atom. The molecule has 9 rings (SSSR count). The van der Waals surface area contributed by atoms with E-state index in [9.17, 15) is 58.5 Å². The maximum Gasteiger partial charge on any atom is 0.303 e. The number of para-hydroxylation sites is 2. The number of aromatic hydroxyl groups is 1. The minimum absolute atomic E-state index is 0.00371. The highest BCUT2D eigenvalue weighted by atomic mass is 16.4. The number of benzene rings is 4. The smallest absolute Gasteiger partial charge is 0.303 e. The molecule has 11 amide bonds. The van der Waals surface area contributed by atoms with Gasteiger partial charge in [-0.1, -0.05) is 92.7 Å². The molecule has 3 fully saturated rings. The summed E-state index contributed by atoms with van der Waals surface area (Å²) in [6.07, 6.45) is -0.497. The Hall–Kier alpha value is -11.1. The number of rotatable bonds is 18. The number of aliphatic carboxylic acids is 2. The van der Waals surface area contributed by atoms with Gasteiger partial charge in [0.2, 0.25) is 65.0 Å². The van der Waals surface area contributed by atoms with Gasteiger partial charge in [-0.05, 0) is 97.4 Å². The molecular formula is C70H83N13O16. The van der Waals surface area contributed by atoms with Crippen LogP contribution in [0.25, 0.3) is 21.8 Å². The van der Waals surface area contributed by atoms with Gasteiger partial charge in [0, 0.05) is 85.8 Å². The number of aromatic amines is 2. The Kier molecular flexibility index (Phi) is 24.2. The standard InChI is InChI=1S/C70H83N13O16/c1-38(2)30-50-63(92)79-54(35-58(71)85)67(96)78-52(33-41-36-72-46-16-8-6-14-44(41)46)65(94)75-49(25-27-60(88)89)62(91)81-55(32-40-20-22-43(84)23-21-40)69(98)83-29-11-19-57(83)70(99)82-28-10-18-56(82)68(97)80-51(31-39-12-4-3-5-13-39)64(93)74-48(24-26-59(86)87)61(90)77-53(66(95)76-50)34-42-37-73-47-17-9-7-15-45(42)47/h3-9,12-17,20-23,36-38,48-57,72-73,84H,10-11,18-19,24-35H2,1-2H3,(H2,71,85)(H,74,93)(H,75,94)(H,76,95)(H,77,90)(H,78,96)(H,79,92)(H,80,97)(H,81,91)(H,86,87)(H,88,89)/t48-,49-,50-,51-,52-,53-,54-,55-,56-,57+/m0/s1. The van der Waals surface area contributed by atoms with Crippen molar-refractivity contribution in [2.75, 3.05) is 13.1 Å². The van der Waals surface area contributed by atoms with E-state index in [0.717, 1.165) is 0 Å². The molecule has 3 aliphatic rings. The minimum Gasteiger partial charge on any atom is -0.508 e. The van der Waals surface area contributed by atoms with Crippen LogP contribution in [0.1, 0.15) is 100 Å². The summed E-state index contributed by atoms with van der Waals surface area (Å²) in [6.45, 7) is 3.49. The van der Waals surface area contributed by atoms with Gasteiger partial charge >= 0.3 is 11.9 Å². The van der Waals surface area contributed by atoms with Crippen LogP contribution in [0.15, 0.2) is 116 Å². The molecule has 6 aromatic rings. The average Bonchev–Trinajstić information content (AvgIpc) is 1.71. The summed E-state index contributed by atoms with van der Waals surface area (Å²) in [6, 6.07) is 12.6. The van der Waals surface area contributed by atoms with Crippen LogP contribution in [-0.4, -0.2) is 186 Å². The van der Waals surface area contributed by atoms with Crippen LogP contribution in [-0.2, 0) is 88.0 Å². The third kappa shape index (κ3) is 19.1. The second-order valence-corrected chi connectivity index (χ2v) is 25.7. The van der Waals surface area contributed by atoms with Crippen LogP contribution < -0.4 is 48.3 Å². The van der Waals surface area contributed by atoms with Crippen molar-refractivity contribution >= 4 is 98.7 Å². The Bertz CT molecular complexity index is 3990. The summed E-state index contributed by atoms with van der Waals surface area (Å²) < 4.78 is 0. The van der Waals surface area contributed by atoms with Crippen LogP contribution in [0, 0.1) is 5.92 Å². The van der Waals surface area contributed by atoms with Crippen LogP contribution in [0.4, 0.5) is 0 Å². The molecule has 0 saturated carbocycles. The lowest BCUT2D eigenvalue weighted by Gasteiger charge is -2.34. The second-order valence-electron chi connectivity index (χ2n) is 25.7. The number of primary amides is 1. The fraction of sp³-hybridized carbons (Fsp3) is 0.414. The molecule has 0 unspecified atom stereocenters. The van der Waals surface area contributed by atoms with Gasteiger partial charge in [-0.15, -0.1) is 0 Å². The topological polar surface area (TPSA) is 443 Å². The largest absolute Gasteiger partial charge is 0.508 e. The molecule has 524 valence electrons. The Balaban J connectivity index is 1.12. The first-order valence-corrected chi connectivity index (χ1v) is 33.1. The van der Waals surface area contributed by atoms with Gasteiger partial charge in [0.05, 0.1) is 6.42 Å². The number of phenolic OH excluding ortho intramolecular Hbond substituents is 1. The lowest BCUT2D eigenvalue weighted by molar-refractivity contribution is -0.148. The predicted molar refractivity (Wildman–Crippen MR) is 358 cm³/mol. The first-order chi connectivity index (χ1) is 47.4. The first kappa shape index (κ1) is 72.1. The first-order valence-electron chi connectivity index (χ1n) is 33.1. The molecule has 4 aromatic carbocycles. The molecule has 2 aromatic heterocycles. The number of nitrogens with two attached hydrogens (primary N) is 1. The number of hydrogen-bond donors (Lipinski definition) is 14.